The van der Waals surface area contributed by atoms with Crippen LogP contribution in [0.4, 0.5) is 0 Å². The van der Waals surface area contributed by atoms with Crippen molar-refractivity contribution >= 4 is 9.84 Å². The van der Waals surface area contributed by atoms with Crippen molar-refractivity contribution in [2.24, 2.45) is 0 Å². The lowest BCUT2D eigenvalue weighted by Crippen LogP contribution is -2.35. The van der Waals surface area contributed by atoms with Gasteiger partial charge < -0.3 is 5.32 Å². The van der Waals surface area contributed by atoms with E-state index in [-0.39, 0.29) is 6.04 Å². The second kappa shape index (κ2) is 6.87. The zero-order chi connectivity index (χ0) is 15.3. The van der Waals surface area contributed by atoms with E-state index in [4.69, 9.17) is 0 Å². The molecule has 0 aliphatic carbocycles. The lowest BCUT2D eigenvalue weighted by atomic mass is 10.0. The first kappa shape index (κ1) is 15.7. The van der Waals surface area contributed by atoms with Gasteiger partial charge in [0.15, 0.2) is 9.84 Å². The van der Waals surface area contributed by atoms with Crippen LogP contribution in [-0.2, 0) is 9.84 Å². The summed E-state index contributed by atoms with van der Waals surface area (Å²) >= 11 is 0. The molecule has 2 aromatic rings. The number of hydrogen-bond donors (Lipinski definition) is 1. The Morgan fingerprint density at radius 2 is 1.48 bits per heavy atom. The molecule has 3 nitrogen and oxygen atoms in total. The van der Waals surface area contributed by atoms with Crippen molar-refractivity contribution in [3.8, 4) is 0 Å². The third-order valence-electron chi connectivity index (χ3n) is 3.71. The Bertz CT molecular complexity index is 654. The van der Waals surface area contributed by atoms with Crippen molar-refractivity contribution in [2.45, 2.75) is 29.5 Å². The van der Waals surface area contributed by atoms with Crippen LogP contribution in [-0.4, -0.2) is 20.7 Å². The van der Waals surface area contributed by atoms with Crippen molar-refractivity contribution in [3.63, 3.8) is 0 Å². The molecule has 112 valence electrons. The maximum absolute atomic E-state index is 12.9. The summed E-state index contributed by atoms with van der Waals surface area (Å²) in [5.74, 6) is 0. The average Bonchev–Trinajstić information content (AvgIpc) is 2.54. The summed E-state index contributed by atoms with van der Waals surface area (Å²) in [7, 11) is -1.57. The highest BCUT2D eigenvalue weighted by Crippen LogP contribution is 2.29. The van der Waals surface area contributed by atoms with Gasteiger partial charge in [-0.1, -0.05) is 55.5 Å². The summed E-state index contributed by atoms with van der Waals surface area (Å²) in [5.41, 5.74) is 0.992. The second-order valence-electron chi connectivity index (χ2n) is 4.98. The third-order valence-corrected chi connectivity index (χ3v) is 6.05. The van der Waals surface area contributed by atoms with Crippen LogP contribution in [0.25, 0.3) is 0 Å². The highest BCUT2D eigenvalue weighted by molar-refractivity contribution is 7.92. The Hall–Kier alpha value is -1.65. The van der Waals surface area contributed by atoms with Crippen LogP contribution in [0, 0.1) is 0 Å². The maximum atomic E-state index is 12.9. The van der Waals surface area contributed by atoms with Crippen molar-refractivity contribution in [3.05, 3.63) is 66.2 Å². The van der Waals surface area contributed by atoms with Crippen molar-refractivity contribution in [2.75, 3.05) is 7.05 Å². The van der Waals surface area contributed by atoms with E-state index in [1.54, 1.807) is 31.3 Å². The van der Waals surface area contributed by atoms with Gasteiger partial charge in [-0.15, -0.1) is 0 Å². The standard InChI is InChI=1S/C17H21NO2S/c1-3-16(17(18-2)14-10-6-4-7-11-14)21(19,20)15-12-8-5-9-13-15/h4-13,16-18H,3H2,1-2H3. The number of hydrogen-bond acceptors (Lipinski definition) is 3. The van der Waals surface area contributed by atoms with Crippen LogP contribution < -0.4 is 5.32 Å². The molecule has 0 amide bonds. The molecule has 0 radical (unpaired) electrons. The fourth-order valence-corrected chi connectivity index (χ4v) is 4.62. The van der Waals surface area contributed by atoms with Gasteiger partial charge in [0.05, 0.1) is 10.1 Å². The zero-order valence-corrected chi connectivity index (χ0v) is 13.2. The molecule has 2 unspecified atom stereocenters. The van der Waals surface area contributed by atoms with Crippen LogP contribution in [0.1, 0.15) is 24.9 Å². The van der Waals surface area contributed by atoms with Crippen molar-refractivity contribution < 1.29 is 8.42 Å². The van der Waals surface area contributed by atoms with Gasteiger partial charge in [0, 0.05) is 6.04 Å². The summed E-state index contributed by atoms with van der Waals surface area (Å²) < 4.78 is 25.8. The normalized spacial score (nSPS) is 14.6. The van der Waals surface area contributed by atoms with E-state index in [1.165, 1.54) is 0 Å². The molecule has 2 rings (SSSR count). The molecule has 2 atom stereocenters. The monoisotopic (exact) mass is 303 g/mol. The van der Waals surface area contributed by atoms with Gasteiger partial charge in [-0.25, -0.2) is 8.42 Å². The Labute approximate surface area is 126 Å². The molecule has 4 heteroatoms. The van der Waals surface area contributed by atoms with E-state index in [0.29, 0.717) is 11.3 Å². The lowest BCUT2D eigenvalue weighted by Gasteiger charge is -2.26. The fraction of sp³-hybridized carbons (Fsp3) is 0.294. The van der Waals surface area contributed by atoms with Gasteiger partial charge >= 0.3 is 0 Å². The number of benzene rings is 2. The predicted octanol–water partition coefficient (Wildman–Crippen LogP) is 3.20. The summed E-state index contributed by atoms with van der Waals surface area (Å²) in [6.07, 6.45) is 0.553. The smallest absolute Gasteiger partial charge is 0.183 e. The van der Waals surface area contributed by atoms with Gasteiger partial charge in [-0.2, -0.15) is 0 Å². The largest absolute Gasteiger partial charge is 0.312 e. The summed E-state index contributed by atoms with van der Waals surface area (Å²) in [6.45, 7) is 1.92. The Kier molecular flexibility index (Phi) is 5.15. The highest BCUT2D eigenvalue weighted by atomic mass is 32.2. The van der Waals surface area contributed by atoms with Gasteiger partial charge in [0.2, 0.25) is 0 Å². The molecule has 0 saturated heterocycles. The Morgan fingerprint density at radius 1 is 0.952 bits per heavy atom. The van der Waals surface area contributed by atoms with Crippen LogP contribution in [0.3, 0.4) is 0 Å². The third kappa shape index (κ3) is 3.34. The molecule has 21 heavy (non-hydrogen) atoms. The molecule has 0 aliphatic heterocycles. The molecule has 0 saturated carbocycles. The van der Waals surface area contributed by atoms with E-state index in [9.17, 15) is 8.42 Å². The van der Waals surface area contributed by atoms with Gasteiger partial charge in [0.25, 0.3) is 0 Å². The van der Waals surface area contributed by atoms with Crippen LogP contribution in [0.5, 0.6) is 0 Å². The SMILES string of the molecule is CCC(C(NC)c1ccccc1)S(=O)(=O)c1ccccc1. The van der Waals surface area contributed by atoms with Crippen LogP contribution in [0.15, 0.2) is 65.6 Å². The van der Waals surface area contributed by atoms with Gasteiger partial charge in [-0.3, -0.25) is 0 Å². The molecular weight excluding hydrogens is 282 g/mol. The number of sulfone groups is 1. The molecule has 2 aromatic carbocycles. The first-order valence-corrected chi connectivity index (χ1v) is 8.67. The van der Waals surface area contributed by atoms with E-state index in [1.807, 2.05) is 43.3 Å². The van der Waals surface area contributed by atoms with E-state index in [0.717, 1.165) is 5.56 Å². The average molecular weight is 303 g/mol. The Morgan fingerprint density at radius 3 is 1.95 bits per heavy atom. The molecule has 1 N–H and O–H groups in total. The van der Waals surface area contributed by atoms with Gasteiger partial charge in [-0.05, 0) is 31.2 Å². The molecular formula is C17H21NO2S. The summed E-state index contributed by atoms with van der Waals surface area (Å²) in [5, 5.41) is 2.67. The van der Waals surface area contributed by atoms with E-state index in [2.05, 4.69) is 5.32 Å². The van der Waals surface area contributed by atoms with Crippen LogP contribution in [0.2, 0.25) is 0 Å². The summed E-state index contributed by atoms with van der Waals surface area (Å²) in [6, 6.07) is 18.2. The van der Waals surface area contributed by atoms with E-state index < -0.39 is 15.1 Å². The van der Waals surface area contributed by atoms with E-state index >= 15 is 0 Å². The fourth-order valence-electron chi connectivity index (χ4n) is 2.65. The molecule has 0 bridgehead atoms. The molecule has 0 spiro atoms. The first-order valence-electron chi connectivity index (χ1n) is 7.12. The number of nitrogens with one attached hydrogen (secondary N) is 1. The number of rotatable bonds is 6. The van der Waals surface area contributed by atoms with Crippen molar-refractivity contribution in [1.29, 1.82) is 0 Å². The molecule has 0 aromatic heterocycles. The minimum Gasteiger partial charge on any atom is -0.312 e. The second-order valence-corrected chi connectivity index (χ2v) is 7.15. The first-order chi connectivity index (χ1) is 10.1. The zero-order valence-electron chi connectivity index (χ0n) is 12.4. The highest BCUT2D eigenvalue weighted by Gasteiger charge is 2.33. The maximum Gasteiger partial charge on any atom is 0.183 e. The quantitative estimate of drug-likeness (QED) is 0.891. The lowest BCUT2D eigenvalue weighted by molar-refractivity contribution is 0.507. The minimum atomic E-state index is -3.37. The van der Waals surface area contributed by atoms with Crippen LogP contribution >= 0.6 is 0 Å². The molecule has 0 heterocycles. The predicted molar refractivity (Wildman–Crippen MR) is 85.9 cm³/mol. The van der Waals surface area contributed by atoms with Gasteiger partial charge in [0.1, 0.15) is 0 Å². The Balaban J connectivity index is 2.43. The molecule has 0 fully saturated rings. The topological polar surface area (TPSA) is 46.2 Å². The minimum absolute atomic E-state index is 0.221. The summed E-state index contributed by atoms with van der Waals surface area (Å²) in [4.78, 5) is 0.382. The van der Waals surface area contributed by atoms with Crippen molar-refractivity contribution in [1.82, 2.24) is 5.32 Å². The molecule has 0 aliphatic rings.